The van der Waals surface area contributed by atoms with Gasteiger partial charge in [0.1, 0.15) is 0 Å². The predicted octanol–water partition coefficient (Wildman–Crippen LogP) is 0.331. The molecular weight excluding hydrogens is 288 g/mol. The first-order chi connectivity index (χ1) is 8.79. The van der Waals surface area contributed by atoms with Crippen molar-refractivity contribution in [3.63, 3.8) is 0 Å². The highest BCUT2D eigenvalue weighted by Gasteiger charge is 2.21. The van der Waals surface area contributed by atoms with Crippen LogP contribution in [0.2, 0.25) is 0 Å². The van der Waals surface area contributed by atoms with Gasteiger partial charge in [-0.25, -0.2) is 26.7 Å². The van der Waals surface area contributed by atoms with Gasteiger partial charge in [-0.3, -0.25) is 0 Å². The van der Waals surface area contributed by atoms with Crippen molar-refractivity contribution < 1.29 is 16.8 Å². The largest absolute Gasteiger partial charge is 0.240 e. The zero-order chi connectivity index (χ0) is 14.1. The molecule has 2 rings (SSSR count). The summed E-state index contributed by atoms with van der Waals surface area (Å²) in [6.07, 6.45) is 5.15. The molecule has 1 aliphatic carbocycles. The maximum Gasteiger partial charge on any atom is 0.240 e. The van der Waals surface area contributed by atoms with E-state index >= 15 is 0 Å². The lowest BCUT2D eigenvalue weighted by atomic mass is 10.3. The predicted molar refractivity (Wildman–Crippen MR) is 70.3 cm³/mol. The second-order valence-corrected chi connectivity index (χ2v) is 7.55. The summed E-state index contributed by atoms with van der Waals surface area (Å²) < 4.78 is 48.8. The van der Waals surface area contributed by atoms with Crippen LogP contribution >= 0.6 is 0 Å². The lowest BCUT2D eigenvalue weighted by Crippen LogP contribution is -2.32. The Labute approximate surface area is 112 Å². The smallest absolute Gasteiger partial charge is 0.225 e. The molecule has 0 aromatic heterocycles. The number of nitrogens with two attached hydrogens (primary N) is 1. The number of primary sulfonamides is 1. The van der Waals surface area contributed by atoms with E-state index < -0.39 is 20.0 Å². The van der Waals surface area contributed by atoms with Gasteiger partial charge >= 0.3 is 0 Å². The Morgan fingerprint density at radius 2 is 1.42 bits per heavy atom. The molecule has 0 atom stereocenters. The van der Waals surface area contributed by atoms with Crippen molar-refractivity contribution in [3.8, 4) is 0 Å². The monoisotopic (exact) mass is 302 g/mol. The minimum Gasteiger partial charge on any atom is -0.225 e. The van der Waals surface area contributed by atoms with Gasteiger partial charge in [0.05, 0.1) is 9.79 Å². The van der Waals surface area contributed by atoms with Gasteiger partial charge in [-0.15, -0.1) is 0 Å². The van der Waals surface area contributed by atoms with Gasteiger partial charge in [0, 0.05) is 6.04 Å². The van der Waals surface area contributed by atoms with Crippen LogP contribution in [0.5, 0.6) is 0 Å². The highest BCUT2D eigenvalue weighted by Crippen LogP contribution is 2.16. The van der Waals surface area contributed by atoms with E-state index in [-0.39, 0.29) is 15.8 Å². The number of nitrogens with one attached hydrogen (secondary N) is 1. The summed E-state index contributed by atoms with van der Waals surface area (Å²) in [5.41, 5.74) is 0. The lowest BCUT2D eigenvalue weighted by molar-refractivity contribution is 0.557. The van der Waals surface area contributed by atoms with E-state index in [2.05, 4.69) is 4.72 Å². The molecule has 19 heavy (non-hydrogen) atoms. The van der Waals surface area contributed by atoms with Gasteiger partial charge in [0.15, 0.2) is 0 Å². The minimum absolute atomic E-state index is 0.0202. The van der Waals surface area contributed by atoms with Crippen molar-refractivity contribution in [2.75, 3.05) is 0 Å². The first kappa shape index (κ1) is 14.2. The lowest BCUT2D eigenvalue weighted by Gasteiger charge is -2.12. The van der Waals surface area contributed by atoms with Crippen molar-refractivity contribution in [1.29, 1.82) is 0 Å². The Kier molecular flexibility index (Phi) is 3.77. The molecule has 0 unspecified atom stereocenters. The van der Waals surface area contributed by atoms with Crippen LogP contribution in [-0.2, 0) is 20.0 Å². The molecule has 3 N–H and O–H groups in total. The average molecular weight is 302 g/mol. The molecule has 0 spiro atoms. The standard InChI is InChI=1S/C11H14N2O4S2/c12-18(14,15)10-5-7-11(8-6-10)19(16,17)13-9-3-1-2-4-9/h1-2,5-9,13H,3-4H2,(H2,12,14,15). The van der Waals surface area contributed by atoms with Crippen LogP contribution < -0.4 is 9.86 Å². The first-order valence-electron chi connectivity index (χ1n) is 5.59. The van der Waals surface area contributed by atoms with Gasteiger partial charge in [0.2, 0.25) is 20.0 Å². The SMILES string of the molecule is NS(=O)(=O)c1ccc(S(=O)(=O)NC2CC=CC2)cc1. The summed E-state index contributed by atoms with van der Waals surface area (Å²) in [6.45, 7) is 0. The molecule has 0 heterocycles. The Morgan fingerprint density at radius 1 is 0.947 bits per heavy atom. The highest BCUT2D eigenvalue weighted by atomic mass is 32.2. The molecule has 0 aliphatic heterocycles. The fourth-order valence-corrected chi connectivity index (χ4v) is 3.59. The van der Waals surface area contributed by atoms with Gasteiger partial charge < -0.3 is 0 Å². The topological polar surface area (TPSA) is 106 Å². The van der Waals surface area contributed by atoms with Crippen LogP contribution in [0.3, 0.4) is 0 Å². The zero-order valence-corrected chi connectivity index (χ0v) is 11.6. The molecule has 0 saturated carbocycles. The summed E-state index contributed by atoms with van der Waals surface area (Å²) in [4.78, 5) is -0.0965. The van der Waals surface area contributed by atoms with E-state index in [1.165, 1.54) is 24.3 Å². The Balaban J connectivity index is 2.21. The Morgan fingerprint density at radius 3 is 1.89 bits per heavy atom. The van der Waals surface area contributed by atoms with Crippen LogP contribution in [0.25, 0.3) is 0 Å². The number of benzene rings is 1. The summed E-state index contributed by atoms with van der Waals surface area (Å²) >= 11 is 0. The first-order valence-corrected chi connectivity index (χ1v) is 8.62. The summed E-state index contributed by atoms with van der Waals surface area (Å²) in [7, 11) is -7.44. The van der Waals surface area contributed by atoms with Gasteiger partial charge in [0.25, 0.3) is 0 Å². The molecule has 0 fully saturated rings. The van der Waals surface area contributed by atoms with Crippen molar-refractivity contribution in [2.24, 2.45) is 5.14 Å². The minimum atomic E-state index is -3.81. The van der Waals surface area contributed by atoms with Crippen LogP contribution in [0.1, 0.15) is 12.8 Å². The van der Waals surface area contributed by atoms with Crippen LogP contribution in [0.4, 0.5) is 0 Å². The van der Waals surface area contributed by atoms with Crippen molar-refractivity contribution in [1.82, 2.24) is 4.72 Å². The Bertz CT molecular complexity index is 683. The molecule has 1 aromatic rings. The van der Waals surface area contributed by atoms with E-state index in [9.17, 15) is 16.8 Å². The third kappa shape index (κ3) is 3.41. The highest BCUT2D eigenvalue weighted by molar-refractivity contribution is 7.89. The number of sulfonamides is 2. The van der Waals surface area contributed by atoms with E-state index in [1.807, 2.05) is 12.2 Å². The molecule has 1 aliphatic rings. The van der Waals surface area contributed by atoms with E-state index in [4.69, 9.17) is 5.14 Å². The molecule has 6 nitrogen and oxygen atoms in total. The van der Waals surface area contributed by atoms with E-state index in [1.54, 1.807) is 0 Å². The van der Waals surface area contributed by atoms with E-state index in [0.717, 1.165) is 0 Å². The van der Waals surface area contributed by atoms with Crippen LogP contribution in [0, 0.1) is 0 Å². The van der Waals surface area contributed by atoms with Gasteiger partial charge in [-0.2, -0.15) is 0 Å². The molecule has 1 aromatic carbocycles. The van der Waals surface area contributed by atoms with Gasteiger partial charge in [-0.1, -0.05) is 12.2 Å². The second-order valence-electron chi connectivity index (χ2n) is 4.28. The molecule has 0 radical (unpaired) electrons. The quantitative estimate of drug-likeness (QED) is 0.782. The molecule has 0 amide bonds. The summed E-state index contributed by atoms with van der Waals surface area (Å²) in [5, 5.41) is 4.95. The third-order valence-electron chi connectivity index (χ3n) is 2.79. The molecular formula is C11H14N2O4S2. The fraction of sp³-hybridized carbons (Fsp3) is 0.273. The second kappa shape index (κ2) is 5.04. The maximum atomic E-state index is 12.0. The number of hydrogen-bond donors (Lipinski definition) is 2. The average Bonchev–Trinajstić information content (AvgIpc) is 2.80. The number of hydrogen-bond acceptors (Lipinski definition) is 4. The molecule has 0 saturated heterocycles. The Hall–Kier alpha value is -1.22. The fourth-order valence-electron chi connectivity index (χ4n) is 1.81. The van der Waals surface area contributed by atoms with Crippen LogP contribution in [0.15, 0.2) is 46.2 Å². The molecule has 0 bridgehead atoms. The maximum absolute atomic E-state index is 12.0. The van der Waals surface area contributed by atoms with Crippen molar-refractivity contribution in [3.05, 3.63) is 36.4 Å². The van der Waals surface area contributed by atoms with Gasteiger partial charge in [-0.05, 0) is 37.1 Å². The molecule has 104 valence electrons. The number of rotatable bonds is 4. The summed E-state index contributed by atoms with van der Waals surface area (Å²) in [6, 6.07) is 4.67. The zero-order valence-electron chi connectivity index (χ0n) is 9.98. The normalized spacial score (nSPS) is 16.9. The van der Waals surface area contributed by atoms with Crippen molar-refractivity contribution in [2.45, 2.75) is 28.7 Å². The molecule has 8 heteroatoms. The van der Waals surface area contributed by atoms with Crippen LogP contribution in [-0.4, -0.2) is 22.9 Å². The summed E-state index contributed by atoms with van der Waals surface area (Å²) in [5.74, 6) is 0. The van der Waals surface area contributed by atoms with E-state index in [0.29, 0.717) is 12.8 Å². The van der Waals surface area contributed by atoms with Crippen molar-refractivity contribution >= 4 is 20.0 Å². The third-order valence-corrected chi connectivity index (χ3v) is 5.26.